The Balaban J connectivity index is 1.63. The second-order valence-electron chi connectivity index (χ2n) is 7.65. The third-order valence-electron chi connectivity index (χ3n) is 5.17. The van der Waals surface area contributed by atoms with E-state index in [-0.39, 0.29) is 12.5 Å². The van der Waals surface area contributed by atoms with Crippen LogP contribution in [0.15, 0.2) is 89.7 Å². The van der Waals surface area contributed by atoms with Crippen LogP contribution in [0.25, 0.3) is 0 Å². The molecule has 3 aromatic rings. The van der Waals surface area contributed by atoms with E-state index in [0.29, 0.717) is 29.8 Å². The van der Waals surface area contributed by atoms with Crippen LogP contribution in [0.5, 0.6) is 5.75 Å². The molecule has 0 fully saturated rings. The number of rotatable bonds is 11. The topological polar surface area (TPSA) is 86.2 Å². The molecule has 0 saturated carbocycles. The molecule has 7 nitrogen and oxygen atoms in total. The zero-order valence-corrected chi connectivity index (χ0v) is 19.5. The molecule has 3 rings (SSSR count). The average molecular weight is 459 g/mol. The van der Waals surface area contributed by atoms with Crippen molar-refractivity contribution in [2.75, 3.05) is 36.3 Å². The summed E-state index contributed by atoms with van der Waals surface area (Å²) in [5.41, 5.74) is 4.90. The molecule has 0 spiro atoms. The summed E-state index contributed by atoms with van der Waals surface area (Å²) in [4.78, 5) is 18.5. The average Bonchev–Trinajstić information content (AvgIpc) is 2.87. The number of nitrogens with zero attached hydrogens (tertiary/aromatic N) is 2. The lowest BCUT2D eigenvalue weighted by Gasteiger charge is -2.17. The highest BCUT2D eigenvalue weighted by atomic mass is 16.5. The smallest absolute Gasteiger partial charge is 0.255 e. The highest BCUT2D eigenvalue weighted by Crippen LogP contribution is 2.24. The minimum atomic E-state index is -0.181. The van der Waals surface area contributed by atoms with Crippen LogP contribution in [-0.4, -0.2) is 38.5 Å². The lowest BCUT2D eigenvalue weighted by molar-refractivity contribution is 0.102. The van der Waals surface area contributed by atoms with E-state index in [1.54, 1.807) is 31.4 Å². The highest BCUT2D eigenvalue weighted by Gasteiger charge is 2.07. The van der Waals surface area contributed by atoms with Crippen molar-refractivity contribution in [3.8, 4) is 5.75 Å². The predicted molar refractivity (Wildman–Crippen MR) is 139 cm³/mol. The maximum Gasteiger partial charge on any atom is 0.255 e. The first-order valence-corrected chi connectivity index (χ1v) is 11.0. The Hall–Kier alpha value is -4.10. The number of aliphatic hydroxyl groups is 1. The van der Waals surface area contributed by atoms with Gasteiger partial charge in [0.25, 0.3) is 5.91 Å². The minimum absolute atomic E-state index is 0.125. The van der Waals surface area contributed by atoms with Crippen molar-refractivity contribution < 1.29 is 14.6 Å². The van der Waals surface area contributed by atoms with Crippen LogP contribution in [-0.2, 0) is 0 Å². The third-order valence-corrected chi connectivity index (χ3v) is 5.17. The zero-order valence-electron chi connectivity index (χ0n) is 19.5. The van der Waals surface area contributed by atoms with Crippen LogP contribution in [0, 0.1) is 0 Å². The first-order valence-electron chi connectivity index (χ1n) is 11.0. The summed E-state index contributed by atoms with van der Waals surface area (Å²) in [6.45, 7) is 3.74. The number of carbonyl (C=O) groups is 1. The molecule has 0 bridgehead atoms. The molecule has 0 heterocycles. The number of ether oxygens (including phenoxy) is 1. The Kier molecular flexibility index (Phi) is 8.82. The number of hydrogen-bond donors (Lipinski definition) is 3. The van der Waals surface area contributed by atoms with Gasteiger partial charge in [0.1, 0.15) is 5.75 Å². The predicted octanol–water partition coefficient (Wildman–Crippen LogP) is 5.44. The first kappa shape index (κ1) is 24.5. The Labute approximate surface area is 200 Å². The van der Waals surface area contributed by atoms with Gasteiger partial charge in [-0.25, -0.2) is 0 Å². The summed E-state index contributed by atoms with van der Waals surface area (Å²) < 4.78 is 5.13. The van der Waals surface area contributed by atoms with E-state index in [1.165, 1.54) is 0 Å². The normalized spacial score (nSPS) is 11.0. The van der Waals surface area contributed by atoms with Gasteiger partial charge >= 0.3 is 0 Å². The quantitative estimate of drug-likeness (QED) is 0.333. The molecule has 0 saturated heterocycles. The molecule has 0 unspecified atom stereocenters. The Morgan fingerprint density at radius 1 is 1.06 bits per heavy atom. The molecule has 0 atom stereocenters. The second kappa shape index (κ2) is 12.2. The van der Waals surface area contributed by atoms with Crippen LogP contribution in [0.1, 0.15) is 23.2 Å². The van der Waals surface area contributed by atoms with Gasteiger partial charge in [-0.3, -0.25) is 9.79 Å². The Morgan fingerprint density at radius 2 is 1.76 bits per heavy atom. The standard InChI is InChI=1S/C27H30N4O3/c1-28-24(7-5-17-32)19-31(2)25-8-4-6-23(18-25)29-21-11-13-22(14-12-21)30-27(33)20-9-15-26(34-3)16-10-20/h4,6,8-16,18-19,29,32H,1,5,7,17H2,2-3H3,(H,30,33)/b24-19-. The number of aliphatic hydroxyl groups excluding tert-OH is 1. The van der Waals surface area contributed by atoms with Crippen molar-refractivity contribution in [1.82, 2.24) is 0 Å². The number of methoxy groups -OCH3 is 1. The molecule has 0 aliphatic rings. The number of nitrogens with one attached hydrogen (secondary N) is 2. The highest BCUT2D eigenvalue weighted by molar-refractivity contribution is 6.04. The van der Waals surface area contributed by atoms with Crippen molar-refractivity contribution in [1.29, 1.82) is 0 Å². The van der Waals surface area contributed by atoms with E-state index in [2.05, 4.69) is 22.3 Å². The number of allylic oxidation sites excluding steroid dienone is 1. The lowest BCUT2D eigenvalue weighted by Crippen LogP contribution is -2.11. The summed E-state index contributed by atoms with van der Waals surface area (Å²) in [7, 11) is 3.54. The Morgan fingerprint density at radius 3 is 2.41 bits per heavy atom. The largest absolute Gasteiger partial charge is 0.497 e. The molecule has 0 aliphatic heterocycles. The van der Waals surface area contributed by atoms with Gasteiger partial charge in [0.05, 0.1) is 12.8 Å². The van der Waals surface area contributed by atoms with Crippen molar-refractivity contribution >= 4 is 35.4 Å². The van der Waals surface area contributed by atoms with Crippen molar-refractivity contribution in [2.24, 2.45) is 4.99 Å². The molecule has 0 aromatic heterocycles. The summed E-state index contributed by atoms with van der Waals surface area (Å²) >= 11 is 0. The van der Waals surface area contributed by atoms with E-state index in [1.807, 2.05) is 66.7 Å². The second-order valence-corrected chi connectivity index (χ2v) is 7.65. The van der Waals surface area contributed by atoms with Gasteiger partial charge in [-0.2, -0.15) is 0 Å². The lowest BCUT2D eigenvalue weighted by atomic mass is 10.2. The molecule has 3 aromatic carbocycles. The monoisotopic (exact) mass is 458 g/mol. The molecule has 0 radical (unpaired) electrons. The molecule has 0 aliphatic carbocycles. The number of aliphatic imine (C=N–C) groups is 1. The van der Waals surface area contributed by atoms with Crippen LogP contribution in [0.2, 0.25) is 0 Å². The summed E-state index contributed by atoms with van der Waals surface area (Å²) in [6, 6.07) is 22.5. The molecule has 34 heavy (non-hydrogen) atoms. The number of anilines is 4. The fourth-order valence-corrected chi connectivity index (χ4v) is 3.29. The van der Waals surface area contributed by atoms with E-state index >= 15 is 0 Å². The van der Waals surface area contributed by atoms with E-state index < -0.39 is 0 Å². The number of carbonyl (C=O) groups excluding carboxylic acids is 1. The molecule has 176 valence electrons. The van der Waals surface area contributed by atoms with Crippen molar-refractivity contribution in [3.05, 3.63) is 90.3 Å². The van der Waals surface area contributed by atoms with Gasteiger partial charge in [-0.1, -0.05) is 6.07 Å². The van der Waals surface area contributed by atoms with Gasteiger partial charge in [-0.15, -0.1) is 0 Å². The van der Waals surface area contributed by atoms with Gasteiger partial charge < -0.3 is 25.4 Å². The molecular formula is C27H30N4O3. The van der Waals surface area contributed by atoms with Gasteiger partial charge in [0.2, 0.25) is 0 Å². The third kappa shape index (κ3) is 6.95. The van der Waals surface area contributed by atoms with Gasteiger partial charge in [-0.05, 0) is 86.3 Å². The number of amides is 1. The summed E-state index contributed by atoms with van der Waals surface area (Å²) in [5, 5.41) is 15.3. The maximum absolute atomic E-state index is 12.4. The Bertz CT molecular complexity index is 1130. The summed E-state index contributed by atoms with van der Waals surface area (Å²) in [5.74, 6) is 0.525. The molecule has 3 N–H and O–H groups in total. The zero-order chi connectivity index (χ0) is 24.3. The maximum atomic E-state index is 12.4. The molecule has 7 heteroatoms. The SMILES string of the molecule is C=N/C(=C\N(C)c1cccc(Nc2ccc(NC(=O)c3ccc(OC)cc3)cc2)c1)CCCO. The summed E-state index contributed by atoms with van der Waals surface area (Å²) in [6.07, 6.45) is 3.24. The van der Waals surface area contributed by atoms with Crippen molar-refractivity contribution in [2.45, 2.75) is 12.8 Å². The number of hydrogen-bond acceptors (Lipinski definition) is 6. The fourth-order valence-electron chi connectivity index (χ4n) is 3.29. The minimum Gasteiger partial charge on any atom is -0.497 e. The fraction of sp³-hybridized carbons (Fsp3) is 0.185. The molecular weight excluding hydrogens is 428 g/mol. The van der Waals surface area contributed by atoms with E-state index in [4.69, 9.17) is 9.84 Å². The van der Waals surface area contributed by atoms with Gasteiger partial charge in [0.15, 0.2) is 0 Å². The van der Waals surface area contributed by atoms with Crippen LogP contribution >= 0.6 is 0 Å². The first-order chi connectivity index (χ1) is 16.5. The number of benzene rings is 3. The van der Waals surface area contributed by atoms with Crippen LogP contribution in [0.4, 0.5) is 22.7 Å². The van der Waals surface area contributed by atoms with Crippen LogP contribution < -0.4 is 20.3 Å². The van der Waals surface area contributed by atoms with Crippen LogP contribution in [0.3, 0.4) is 0 Å². The van der Waals surface area contributed by atoms with E-state index in [0.717, 1.165) is 22.8 Å². The van der Waals surface area contributed by atoms with Crippen molar-refractivity contribution in [3.63, 3.8) is 0 Å². The molecule has 1 amide bonds. The van der Waals surface area contributed by atoms with E-state index in [9.17, 15) is 4.79 Å². The van der Waals surface area contributed by atoms with Gasteiger partial charge in [0, 0.05) is 48.2 Å².